The maximum Gasteiger partial charge on any atom is 0.338 e. The first kappa shape index (κ1) is 22.7. The van der Waals surface area contributed by atoms with Crippen LogP contribution in [0.5, 0.6) is 0 Å². The number of nitrogens with zero attached hydrogens (tertiary/aromatic N) is 3. The Morgan fingerprint density at radius 2 is 1.44 bits per heavy atom. The maximum atomic E-state index is 12.0. The number of esters is 1. The Hall–Kier alpha value is -0.560. The van der Waals surface area contributed by atoms with Gasteiger partial charge in [0.05, 0.1) is 12.2 Å². The van der Waals surface area contributed by atoms with Gasteiger partial charge in [0.2, 0.25) is 7.59 Å². The van der Waals surface area contributed by atoms with E-state index in [1.54, 1.807) is 24.3 Å². The Bertz CT molecular complexity index is 771. The molecule has 0 saturated heterocycles. The monoisotopic (exact) mass is 489 g/mol. The third kappa shape index (κ3) is 6.48. The van der Waals surface area contributed by atoms with E-state index in [0.29, 0.717) is 17.7 Å². The molecule has 146 valence electrons. The number of hydrogen-bond donors (Lipinski definition) is 0. The zero-order valence-electron chi connectivity index (χ0n) is 13.9. The molecule has 2 rings (SSSR count). The molecule has 5 nitrogen and oxygen atoms in total. The quantitative estimate of drug-likeness (QED) is 0.285. The number of aromatic nitrogens is 3. The minimum Gasteiger partial charge on any atom is -0.462 e. The standard InChI is InChI=1S/C16H13Cl6N3O2/c1-2-3-8-27-12(26)10-6-4-9(5-7-10)11-23-13(15(17,18)19)25-14(24-11)16(20,21)22/h4-7H,2-3,8H2,1H3. The molecule has 0 amide bonds. The van der Waals surface area contributed by atoms with E-state index < -0.39 is 13.6 Å². The molecule has 2 aromatic rings. The van der Waals surface area contributed by atoms with Gasteiger partial charge in [-0.1, -0.05) is 95.1 Å². The summed E-state index contributed by atoms with van der Waals surface area (Å²) in [5.74, 6) is -0.683. The first-order valence-electron chi connectivity index (χ1n) is 7.70. The molecule has 0 bridgehead atoms. The van der Waals surface area contributed by atoms with Gasteiger partial charge in [0.25, 0.3) is 0 Å². The SMILES string of the molecule is CCCCOC(=O)c1ccc(-c2nc(C(Cl)(Cl)Cl)nc(C(Cl)(Cl)Cl)n2)cc1. The Kier molecular flexibility index (Phi) is 7.82. The molecule has 0 spiro atoms. The first-order chi connectivity index (χ1) is 12.5. The molecule has 0 aliphatic carbocycles. The van der Waals surface area contributed by atoms with Gasteiger partial charge in [0.15, 0.2) is 17.5 Å². The molecule has 0 saturated carbocycles. The van der Waals surface area contributed by atoms with Gasteiger partial charge >= 0.3 is 5.97 Å². The Morgan fingerprint density at radius 3 is 1.89 bits per heavy atom. The van der Waals surface area contributed by atoms with Crippen molar-refractivity contribution >= 4 is 75.6 Å². The predicted molar refractivity (Wildman–Crippen MR) is 109 cm³/mol. The molecule has 27 heavy (non-hydrogen) atoms. The van der Waals surface area contributed by atoms with Gasteiger partial charge in [-0.25, -0.2) is 19.7 Å². The number of carbonyl (C=O) groups is 1. The van der Waals surface area contributed by atoms with Gasteiger partial charge in [-0.05, 0) is 18.6 Å². The number of hydrogen-bond acceptors (Lipinski definition) is 5. The summed E-state index contributed by atoms with van der Waals surface area (Å²) in [6, 6.07) is 6.35. The predicted octanol–water partition coefficient (Wildman–Crippen LogP) is 6.15. The third-order valence-corrected chi connectivity index (χ3v) is 4.27. The summed E-state index contributed by atoms with van der Waals surface area (Å²) >= 11 is 35.1. The van der Waals surface area contributed by atoms with Crippen LogP contribution in [-0.4, -0.2) is 27.5 Å². The first-order valence-corrected chi connectivity index (χ1v) is 9.97. The second-order valence-electron chi connectivity index (χ2n) is 5.37. The number of unbranched alkanes of at least 4 members (excludes halogenated alkanes) is 1. The lowest BCUT2D eigenvalue weighted by Crippen LogP contribution is -2.16. The highest BCUT2D eigenvalue weighted by molar-refractivity contribution is 6.67. The van der Waals surface area contributed by atoms with E-state index in [9.17, 15) is 4.79 Å². The lowest BCUT2D eigenvalue weighted by Gasteiger charge is -2.15. The van der Waals surface area contributed by atoms with Crippen molar-refractivity contribution in [2.75, 3.05) is 6.61 Å². The van der Waals surface area contributed by atoms with Crippen LogP contribution in [0.1, 0.15) is 41.8 Å². The molecule has 0 unspecified atom stereocenters. The van der Waals surface area contributed by atoms with E-state index in [1.807, 2.05) is 6.92 Å². The van der Waals surface area contributed by atoms with Crippen LogP contribution in [0.2, 0.25) is 0 Å². The van der Waals surface area contributed by atoms with Crippen LogP contribution in [0.25, 0.3) is 11.4 Å². The molecule has 1 aromatic heterocycles. The maximum absolute atomic E-state index is 12.0. The van der Waals surface area contributed by atoms with Gasteiger partial charge in [0, 0.05) is 5.56 Å². The average Bonchev–Trinajstić information content (AvgIpc) is 2.60. The van der Waals surface area contributed by atoms with E-state index in [0.717, 1.165) is 12.8 Å². The van der Waals surface area contributed by atoms with Crippen molar-refractivity contribution in [3.63, 3.8) is 0 Å². The fourth-order valence-corrected chi connectivity index (χ4v) is 2.41. The Morgan fingerprint density at radius 1 is 0.926 bits per heavy atom. The second-order valence-corrected chi connectivity index (χ2v) is 9.93. The Labute approximate surface area is 186 Å². The molecule has 1 heterocycles. The molecular formula is C16H13Cl6N3O2. The number of ether oxygens (including phenoxy) is 1. The van der Waals surface area contributed by atoms with Crippen molar-refractivity contribution < 1.29 is 9.53 Å². The topological polar surface area (TPSA) is 65.0 Å². The summed E-state index contributed by atoms with van der Waals surface area (Å²) in [4.78, 5) is 24.1. The number of rotatable bonds is 5. The minimum atomic E-state index is -1.94. The summed E-state index contributed by atoms with van der Waals surface area (Å²) in [6.07, 6.45) is 1.73. The van der Waals surface area contributed by atoms with Crippen LogP contribution < -0.4 is 0 Å². The van der Waals surface area contributed by atoms with E-state index in [4.69, 9.17) is 74.3 Å². The molecule has 0 aliphatic rings. The van der Waals surface area contributed by atoms with Gasteiger partial charge in [0.1, 0.15) is 0 Å². The van der Waals surface area contributed by atoms with Crippen LogP contribution in [-0.2, 0) is 12.3 Å². The van der Waals surface area contributed by atoms with Gasteiger partial charge in [-0.15, -0.1) is 0 Å². The van der Waals surface area contributed by atoms with Crippen LogP contribution >= 0.6 is 69.6 Å². The highest BCUT2D eigenvalue weighted by Crippen LogP contribution is 2.40. The molecule has 0 atom stereocenters. The smallest absolute Gasteiger partial charge is 0.338 e. The summed E-state index contributed by atoms with van der Waals surface area (Å²) in [6.45, 7) is 2.37. The van der Waals surface area contributed by atoms with Crippen LogP contribution in [0, 0.1) is 0 Å². The molecule has 11 heteroatoms. The summed E-state index contributed by atoms with van der Waals surface area (Å²) < 4.78 is 1.28. The highest BCUT2D eigenvalue weighted by Gasteiger charge is 2.34. The van der Waals surface area contributed by atoms with Gasteiger partial charge in [-0.3, -0.25) is 0 Å². The molecular weight excluding hydrogens is 479 g/mol. The highest BCUT2D eigenvalue weighted by atomic mass is 35.6. The van der Waals surface area contributed by atoms with Crippen LogP contribution in [0.15, 0.2) is 24.3 Å². The van der Waals surface area contributed by atoms with Crippen molar-refractivity contribution in [3.05, 3.63) is 41.5 Å². The normalized spacial score (nSPS) is 12.1. The molecule has 0 fully saturated rings. The fourth-order valence-electron chi connectivity index (χ4n) is 1.91. The van der Waals surface area contributed by atoms with Crippen molar-refractivity contribution in [2.24, 2.45) is 0 Å². The second kappa shape index (κ2) is 9.29. The number of benzene rings is 1. The lowest BCUT2D eigenvalue weighted by atomic mass is 10.1. The van der Waals surface area contributed by atoms with E-state index in [-0.39, 0.29) is 17.5 Å². The third-order valence-electron chi connectivity index (χ3n) is 3.25. The summed E-state index contributed by atoms with van der Waals surface area (Å²) in [7, 11) is 0. The largest absolute Gasteiger partial charge is 0.462 e. The van der Waals surface area contributed by atoms with Crippen molar-refractivity contribution in [1.29, 1.82) is 0 Å². The summed E-state index contributed by atoms with van der Waals surface area (Å²) in [5, 5.41) is 0. The molecule has 0 aliphatic heterocycles. The summed E-state index contributed by atoms with van der Waals surface area (Å²) in [5.41, 5.74) is 0.889. The van der Waals surface area contributed by atoms with E-state index >= 15 is 0 Å². The minimum absolute atomic E-state index is 0.124. The number of halogens is 6. The average molecular weight is 492 g/mol. The fraction of sp³-hybridized carbons (Fsp3) is 0.375. The Balaban J connectivity index is 2.36. The van der Waals surface area contributed by atoms with Crippen LogP contribution in [0.4, 0.5) is 0 Å². The number of alkyl halides is 6. The zero-order valence-corrected chi connectivity index (χ0v) is 18.4. The van der Waals surface area contributed by atoms with Crippen molar-refractivity contribution in [1.82, 2.24) is 15.0 Å². The van der Waals surface area contributed by atoms with Crippen molar-refractivity contribution in [2.45, 2.75) is 27.4 Å². The zero-order chi connectivity index (χ0) is 20.2. The molecule has 0 radical (unpaired) electrons. The van der Waals surface area contributed by atoms with Gasteiger partial charge < -0.3 is 4.74 Å². The van der Waals surface area contributed by atoms with Crippen LogP contribution in [0.3, 0.4) is 0 Å². The lowest BCUT2D eigenvalue weighted by molar-refractivity contribution is 0.0500. The van der Waals surface area contributed by atoms with E-state index in [2.05, 4.69) is 15.0 Å². The molecule has 0 N–H and O–H groups in total. The van der Waals surface area contributed by atoms with Gasteiger partial charge in [-0.2, -0.15) is 0 Å². The molecule has 1 aromatic carbocycles. The van der Waals surface area contributed by atoms with E-state index in [1.165, 1.54) is 0 Å². The van der Waals surface area contributed by atoms with Crippen molar-refractivity contribution in [3.8, 4) is 11.4 Å². The number of carbonyl (C=O) groups excluding carboxylic acids is 1.